The second kappa shape index (κ2) is 10.4. The highest BCUT2D eigenvalue weighted by Crippen LogP contribution is 2.23. The van der Waals surface area contributed by atoms with Gasteiger partial charge in [0.25, 0.3) is 11.8 Å². The normalized spacial score (nSPS) is 12.8. The molecule has 186 valence electrons. The van der Waals surface area contributed by atoms with E-state index in [4.69, 9.17) is 5.73 Å². The lowest BCUT2D eigenvalue weighted by Crippen LogP contribution is -2.48. The first-order valence-electron chi connectivity index (χ1n) is 10.1. The standard InChI is InChI=1S/C22H21F4N5O4/c1-22(34,11-29-20(33)17-15(24)3-2-4-16(17)35-21(25)26)10-28-19(32)14-9-30-31(18(14)27)13-7-5-12(23)6-8-13/h2-9,21,34H,10-11,27H2,1H3,(H,28,32)(H,29,33). The largest absolute Gasteiger partial charge is 0.434 e. The van der Waals surface area contributed by atoms with Gasteiger partial charge in [0.15, 0.2) is 0 Å². The number of ether oxygens (including phenoxy) is 1. The zero-order valence-electron chi connectivity index (χ0n) is 18.3. The van der Waals surface area contributed by atoms with E-state index in [1.54, 1.807) is 0 Å². The quantitative estimate of drug-likeness (QED) is 0.337. The highest BCUT2D eigenvalue weighted by molar-refractivity contribution is 5.98. The first kappa shape index (κ1) is 25.5. The van der Waals surface area contributed by atoms with Crippen LogP contribution in [0.2, 0.25) is 0 Å². The first-order valence-corrected chi connectivity index (χ1v) is 10.1. The van der Waals surface area contributed by atoms with Crippen molar-refractivity contribution in [2.45, 2.75) is 19.1 Å². The fourth-order valence-corrected chi connectivity index (χ4v) is 3.03. The average Bonchev–Trinajstić information content (AvgIpc) is 3.17. The van der Waals surface area contributed by atoms with Crippen LogP contribution in [0.5, 0.6) is 5.75 Å². The van der Waals surface area contributed by atoms with Gasteiger partial charge in [-0.25, -0.2) is 13.5 Å². The van der Waals surface area contributed by atoms with Gasteiger partial charge in [0.05, 0.1) is 17.5 Å². The van der Waals surface area contributed by atoms with Crippen LogP contribution >= 0.6 is 0 Å². The summed E-state index contributed by atoms with van der Waals surface area (Å²) >= 11 is 0. The third kappa shape index (κ3) is 6.26. The van der Waals surface area contributed by atoms with Crippen LogP contribution in [0, 0.1) is 11.6 Å². The van der Waals surface area contributed by atoms with Gasteiger partial charge in [-0.05, 0) is 43.3 Å². The molecule has 9 nitrogen and oxygen atoms in total. The van der Waals surface area contributed by atoms with Gasteiger partial charge in [0, 0.05) is 13.1 Å². The lowest BCUT2D eigenvalue weighted by molar-refractivity contribution is -0.0503. The van der Waals surface area contributed by atoms with E-state index >= 15 is 0 Å². The lowest BCUT2D eigenvalue weighted by Gasteiger charge is -2.24. The molecule has 0 fully saturated rings. The zero-order chi connectivity index (χ0) is 25.8. The summed E-state index contributed by atoms with van der Waals surface area (Å²) in [6.07, 6.45) is 1.19. The van der Waals surface area contributed by atoms with E-state index in [2.05, 4.69) is 20.5 Å². The molecule has 0 aliphatic heterocycles. The Hall–Kier alpha value is -4.13. The fourth-order valence-electron chi connectivity index (χ4n) is 3.03. The molecule has 0 aliphatic carbocycles. The number of hydrogen-bond acceptors (Lipinski definition) is 6. The van der Waals surface area contributed by atoms with Gasteiger partial charge in [0.1, 0.15) is 34.3 Å². The Bertz CT molecular complexity index is 1220. The molecule has 1 aromatic heterocycles. The average molecular weight is 495 g/mol. The Morgan fingerprint density at radius 2 is 1.74 bits per heavy atom. The summed E-state index contributed by atoms with van der Waals surface area (Å²) in [5.74, 6) is -4.05. The number of carbonyl (C=O) groups excluding carboxylic acids is 2. The molecule has 13 heteroatoms. The highest BCUT2D eigenvalue weighted by atomic mass is 19.3. The number of nitrogens with zero attached hydrogens (tertiary/aromatic N) is 2. The zero-order valence-corrected chi connectivity index (χ0v) is 18.3. The van der Waals surface area contributed by atoms with Crippen molar-refractivity contribution in [3.63, 3.8) is 0 Å². The number of rotatable bonds is 9. The van der Waals surface area contributed by atoms with Crippen LogP contribution in [0.1, 0.15) is 27.6 Å². The Balaban J connectivity index is 1.61. The summed E-state index contributed by atoms with van der Waals surface area (Å²) in [5, 5.41) is 19.2. The van der Waals surface area contributed by atoms with Crippen molar-refractivity contribution < 1.29 is 37.0 Å². The summed E-state index contributed by atoms with van der Waals surface area (Å²) < 4.78 is 57.6. The van der Waals surface area contributed by atoms with Crippen molar-refractivity contribution in [2.24, 2.45) is 0 Å². The molecule has 1 unspecified atom stereocenters. The minimum Gasteiger partial charge on any atom is -0.434 e. The van der Waals surface area contributed by atoms with E-state index in [0.29, 0.717) is 5.69 Å². The number of nitrogen functional groups attached to an aromatic ring is 1. The van der Waals surface area contributed by atoms with Crippen molar-refractivity contribution >= 4 is 17.6 Å². The highest BCUT2D eigenvalue weighted by Gasteiger charge is 2.26. The fraction of sp³-hybridized carbons (Fsp3) is 0.227. The number of nitrogens with two attached hydrogens (primary N) is 1. The minimum absolute atomic E-state index is 0.0192. The molecule has 1 atom stereocenters. The van der Waals surface area contributed by atoms with Crippen LogP contribution in [0.3, 0.4) is 0 Å². The number of nitrogens with one attached hydrogen (secondary N) is 2. The van der Waals surface area contributed by atoms with Gasteiger partial charge >= 0.3 is 6.61 Å². The predicted molar refractivity (Wildman–Crippen MR) is 116 cm³/mol. The summed E-state index contributed by atoms with van der Waals surface area (Å²) in [4.78, 5) is 24.9. The molecule has 1 heterocycles. The molecule has 0 spiro atoms. The number of carbonyl (C=O) groups is 2. The molecule has 5 N–H and O–H groups in total. The number of aliphatic hydroxyl groups is 1. The molecule has 35 heavy (non-hydrogen) atoms. The van der Waals surface area contributed by atoms with Crippen LogP contribution in [0.4, 0.5) is 23.4 Å². The third-order valence-electron chi connectivity index (χ3n) is 4.80. The van der Waals surface area contributed by atoms with E-state index in [1.807, 2.05) is 0 Å². The predicted octanol–water partition coefficient (Wildman–Crippen LogP) is 2.24. The first-order chi connectivity index (χ1) is 16.5. The van der Waals surface area contributed by atoms with Crippen LogP contribution in [-0.2, 0) is 0 Å². The van der Waals surface area contributed by atoms with Gasteiger partial charge in [0.2, 0.25) is 0 Å². The van der Waals surface area contributed by atoms with Gasteiger partial charge in [-0.15, -0.1) is 0 Å². The molecule has 3 aromatic rings. The van der Waals surface area contributed by atoms with E-state index in [0.717, 1.165) is 18.2 Å². The molecule has 0 bridgehead atoms. The Morgan fingerprint density at radius 3 is 2.37 bits per heavy atom. The SMILES string of the molecule is CC(O)(CNC(=O)c1cnn(-c2ccc(F)cc2)c1N)CNC(=O)c1c(F)cccc1OC(F)F. The van der Waals surface area contributed by atoms with Crippen LogP contribution in [0.25, 0.3) is 5.69 Å². The molecule has 0 radical (unpaired) electrons. The van der Waals surface area contributed by atoms with E-state index in [9.17, 15) is 32.3 Å². The van der Waals surface area contributed by atoms with Crippen molar-refractivity contribution in [1.82, 2.24) is 20.4 Å². The number of aromatic nitrogens is 2. The second-order valence-electron chi connectivity index (χ2n) is 7.69. The van der Waals surface area contributed by atoms with E-state index in [1.165, 1.54) is 42.1 Å². The molecule has 0 saturated carbocycles. The molecule has 0 saturated heterocycles. The summed E-state index contributed by atoms with van der Waals surface area (Å²) in [6, 6.07) is 8.22. The van der Waals surface area contributed by atoms with Gasteiger partial charge in [-0.3, -0.25) is 9.59 Å². The van der Waals surface area contributed by atoms with Crippen molar-refractivity contribution in [3.05, 3.63) is 71.4 Å². The van der Waals surface area contributed by atoms with Crippen molar-refractivity contribution in [1.29, 1.82) is 0 Å². The Morgan fingerprint density at radius 1 is 1.11 bits per heavy atom. The summed E-state index contributed by atoms with van der Waals surface area (Å²) in [5.41, 5.74) is 3.89. The van der Waals surface area contributed by atoms with Gasteiger partial charge in [-0.1, -0.05) is 6.07 Å². The monoisotopic (exact) mass is 495 g/mol. The van der Waals surface area contributed by atoms with Crippen LogP contribution in [-0.4, -0.2) is 52.0 Å². The molecular formula is C22H21F4N5O4. The number of hydrogen-bond donors (Lipinski definition) is 4. The molecule has 2 aromatic carbocycles. The molecular weight excluding hydrogens is 474 g/mol. The number of anilines is 1. The number of benzene rings is 2. The van der Waals surface area contributed by atoms with Crippen molar-refractivity contribution in [3.8, 4) is 11.4 Å². The maximum Gasteiger partial charge on any atom is 0.387 e. The summed E-state index contributed by atoms with van der Waals surface area (Å²) in [6.45, 7) is -2.85. The Kier molecular flexibility index (Phi) is 7.59. The number of halogens is 4. The maximum atomic E-state index is 14.1. The van der Waals surface area contributed by atoms with Crippen LogP contribution < -0.4 is 21.1 Å². The third-order valence-corrected chi connectivity index (χ3v) is 4.80. The van der Waals surface area contributed by atoms with E-state index in [-0.39, 0.29) is 17.9 Å². The topological polar surface area (TPSA) is 132 Å². The molecule has 2 amide bonds. The maximum absolute atomic E-state index is 14.1. The van der Waals surface area contributed by atoms with Gasteiger partial charge in [-0.2, -0.15) is 13.9 Å². The second-order valence-corrected chi connectivity index (χ2v) is 7.69. The van der Waals surface area contributed by atoms with Crippen LogP contribution in [0.15, 0.2) is 48.7 Å². The summed E-state index contributed by atoms with van der Waals surface area (Å²) in [7, 11) is 0. The van der Waals surface area contributed by atoms with Crippen molar-refractivity contribution in [2.75, 3.05) is 18.8 Å². The molecule has 3 rings (SSSR count). The smallest absolute Gasteiger partial charge is 0.387 e. The Labute approximate surface area is 196 Å². The molecule has 0 aliphatic rings. The minimum atomic E-state index is -3.28. The lowest BCUT2D eigenvalue weighted by atomic mass is 10.1. The number of amides is 2. The number of alkyl halides is 2. The van der Waals surface area contributed by atoms with Gasteiger partial charge < -0.3 is 26.2 Å². The van der Waals surface area contributed by atoms with E-state index < -0.39 is 53.5 Å².